The van der Waals surface area contributed by atoms with Crippen LogP contribution >= 0.6 is 11.8 Å². The van der Waals surface area contributed by atoms with Crippen molar-refractivity contribution in [3.8, 4) is 11.6 Å². The molecule has 0 aromatic carbocycles. The van der Waals surface area contributed by atoms with Gasteiger partial charge in [0.2, 0.25) is 5.82 Å². The minimum atomic E-state index is -0.881. The van der Waals surface area contributed by atoms with Crippen molar-refractivity contribution < 1.29 is 14.3 Å². The Hall–Kier alpha value is -1.76. The standard InChI is InChI=1S/C10H11N3O3S/c1-6-3-4-7(16-6)9-11-10(13(2)12-9)17-5-8(14)15/h3-4H,5H2,1-2H3,(H,14,15). The van der Waals surface area contributed by atoms with E-state index >= 15 is 0 Å². The highest BCUT2D eigenvalue weighted by Crippen LogP contribution is 2.22. The maximum atomic E-state index is 10.5. The first-order valence-corrected chi connectivity index (χ1v) is 5.87. The van der Waals surface area contributed by atoms with Crippen LogP contribution in [0.3, 0.4) is 0 Å². The Labute approximate surface area is 102 Å². The van der Waals surface area contributed by atoms with E-state index in [1.807, 2.05) is 13.0 Å². The fraction of sp³-hybridized carbons (Fsp3) is 0.300. The number of thioether (sulfide) groups is 1. The van der Waals surface area contributed by atoms with E-state index in [2.05, 4.69) is 10.1 Å². The number of rotatable bonds is 4. The second-order valence-electron chi connectivity index (χ2n) is 3.43. The molecule has 0 aliphatic rings. The van der Waals surface area contributed by atoms with Gasteiger partial charge in [-0.2, -0.15) is 4.98 Å². The Morgan fingerprint density at radius 2 is 2.35 bits per heavy atom. The van der Waals surface area contributed by atoms with Crippen molar-refractivity contribution in [2.45, 2.75) is 12.1 Å². The Balaban J connectivity index is 2.21. The molecule has 7 heteroatoms. The van der Waals surface area contributed by atoms with E-state index in [4.69, 9.17) is 9.52 Å². The van der Waals surface area contributed by atoms with Crippen molar-refractivity contribution in [3.63, 3.8) is 0 Å². The summed E-state index contributed by atoms with van der Waals surface area (Å²) in [6.45, 7) is 1.84. The molecule has 0 saturated heterocycles. The third-order valence-corrected chi connectivity index (χ3v) is 3.01. The van der Waals surface area contributed by atoms with Crippen LogP contribution < -0.4 is 0 Å². The summed E-state index contributed by atoms with van der Waals surface area (Å²) in [6, 6.07) is 3.62. The summed E-state index contributed by atoms with van der Waals surface area (Å²) >= 11 is 1.13. The molecule has 1 N–H and O–H groups in total. The van der Waals surface area contributed by atoms with Gasteiger partial charge in [0.1, 0.15) is 5.76 Å². The van der Waals surface area contributed by atoms with Crippen molar-refractivity contribution in [1.29, 1.82) is 0 Å². The van der Waals surface area contributed by atoms with Gasteiger partial charge in [0, 0.05) is 7.05 Å². The van der Waals surface area contributed by atoms with Gasteiger partial charge in [-0.05, 0) is 19.1 Å². The van der Waals surface area contributed by atoms with Crippen molar-refractivity contribution in [3.05, 3.63) is 17.9 Å². The fourth-order valence-corrected chi connectivity index (χ4v) is 1.91. The highest BCUT2D eigenvalue weighted by Gasteiger charge is 2.13. The fourth-order valence-electron chi connectivity index (χ4n) is 1.28. The SMILES string of the molecule is Cc1ccc(-c2nc(SCC(=O)O)n(C)n2)o1. The molecule has 0 unspecified atom stereocenters. The van der Waals surface area contributed by atoms with Gasteiger partial charge in [-0.25, -0.2) is 4.68 Å². The third kappa shape index (κ3) is 2.68. The molecular formula is C10H11N3O3S. The molecule has 2 aromatic rings. The maximum absolute atomic E-state index is 10.5. The van der Waals surface area contributed by atoms with Crippen LogP contribution in [0, 0.1) is 6.92 Å². The first kappa shape index (κ1) is 11.7. The van der Waals surface area contributed by atoms with Crippen LogP contribution in [0.25, 0.3) is 11.6 Å². The van der Waals surface area contributed by atoms with Crippen molar-refractivity contribution in [2.75, 3.05) is 5.75 Å². The van der Waals surface area contributed by atoms with Gasteiger partial charge >= 0.3 is 5.97 Å². The highest BCUT2D eigenvalue weighted by atomic mass is 32.2. The highest BCUT2D eigenvalue weighted by molar-refractivity contribution is 7.99. The lowest BCUT2D eigenvalue weighted by Gasteiger charge is -1.94. The predicted octanol–water partition coefficient (Wildman–Crippen LogP) is 1.56. The minimum Gasteiger partial charge on any atom is -0.481 e. The van der Waals surface area contributed by atoms with E-state index in [0.29, 0.717) is 16.7 Å². The van der Waals surface area contributed by atoms with Gasteiger partial charge in [0.15, 0.2) is 10.9 Å². The van der Waals surface area contributed by atoms with Crippen LogP contribution in [-0.2, 0) is 11.8 Å². The molecule has 17 heavy (non-hydrogen) atoms. The number of aryl methyl sites for hydroxylation is 2. The van der Waals surface area contributed by atoms with Crippen LogP contribution in [0.2, 0.25) is 0 Å². The number of carbonyl (C=O) groups is 1. The summed E-state index contributed by atoms with van der Waals surface area (Å²) in [4.78, 5) is 14.7. The van der Waals surface area contributed by atoms with Crippen molar-refractivity contribution in [1.82, 2.24) is 14.8 Å². The summed E-state index contributed by atoms with van der Waals surface area (Å²) in [6.07, 6.45) is 0. The van der Waals surface area contributed by atoms with Gasteiger partial charge in [0.05, 0.1) is 5.75 Å². The second-order valence-corrected chi connectivity index (χ2v) is 4.38. The average Bonchev–Trinajstić information content (AvgIpc) is 2.82. The molecule has 0 fully saturated rings. The number of hydrogen-bond donors (Lipinski definition) is 1. The van der Waals surface area contributed by atoms with Gasteiger partial charge in [-0.3, -0.25) is 4.79 Å². The summed E-state index contributed by atoms with van der Waals surface area (Å²) in [5.41, 5.74) is 0. The van der Waals surface area contributed by atoms with Gasteiger partial charge in [-0.1, -0.05) is 11.8 Å². The number of aromatic nitrogens is 3. The zero-order chi connectivity index (χ0) is 12.4. The molecular weight excluding hydrogens is 242 g/mol. The van der Waals surface area contributed by atoms with Crippen LogP contribution in [0.4, 0.5) is 0 Å². The molecule has 0 spiro atoms. The van der Waals surface area contributed by atoms with Gasteiger partial charge < -0.3 is 9.52 Å². The molecule has 6 nitrogen and oxygen atoms in total. The Morgan fingerprint density at radius 1 is 1.59 bits per heavy atom. The number of aliphatic carboxylic acids is 1. The summed E-state index contributed by atoms with van der Waals surface area (Å²) in [5.74, 6) is 0.915. The maximum Gasteiger partial charge on any atom is 0.313 e. The van der Waals surface area contributed by atoms with E-state index < -0.39 is 5.97 Å². The summed E-state index contributed by atoms with van der Waals surface area (Å²) in [7, 11) is 1.72. The third-order valence-electron chi connectivity index (χ3n) is 2.01. The van der Waals surface area contributed by atoms with Crippen molar-refractivity contribution in [2.24, 2.45) is 7.05 Å². The first-order valence-electron chi connectivity index (χ1n) is 4.88. The predicted molar refractivity (Wildman–Crippen MR) is 61.8 cm³/mol. The summed E-state index contributed by atoms with van der Waals surface area (Å²) < 4.78 is 6.94. The van der Waals surface area contributed by atoms with Crippen LogP contribution in [-0.4, -0.2) is 31.6 Å². The minimum absolute atomic E-state index is 0.0385. The number of hydrogen-bond acceptors (Lipinski definition) is 5. The van der Waals surface area contributed by atoms with E-state index in [0.717, 1.165) is 17.5 Å². The number of carboxylic acids is 1. The topological polar surface area (TPSA) is 81.1 Å². The molecule has 0 aliphatic carbocycles. The van der Waals surface area contributed by atoms with E-state index in [1.165, 1.54) is 0 Å². The van der Waals surface area contributed by atoms with Gasteiger partial charge in [0.25, 0.3) is 0 Å². The zero-order valence-electron chi connectivity index (χ0n) is 9.38. The molecule has 0 saturated carbocycles. The first-order chi connectivity index (χ1) is 8.06. The largest absolute Gasteiger partial charge is 0.481 e. The second kappa shape index (κ2) is 4.62. The number of carboxylic acid groups (broad SMARTS) is 1. The number of nitrogens with zero attached hydrogens (tertiary/aromatic N) is 3. The van der Waals surface area contributed by atoms with Crippen LogP contribution in [0.1, 0.15) is 5.76 Å². The number of furan rings is 1. The van der Waals surface area contributed by atoms with E-state index in [9.17, 15) is 4.79 Å². The lowest BCUT2D eigenvalue weighted by Crippen LogP contribution is -2.00. The Morgan fingerprint density at radius 3 is 2.94 bits per heavy atom. The molecule has 2 rings (SSSR count). The Kier molecular flexibility index (Phi) is 3.19. The Bertz CT molecular complexity index is 547. The molecule has 0 bridgehead atoms. The summed E-state index contributed by atoms with van der Waals surface area (Å²) in [5, 5.41) is 13.3. The molecule has 90 valence electrons. The monoisotopic (exact) mass is 253 g/mol. The van der Waals surface area contributed by atoms with Crippen LogP contribution in [0.5, 0.6) is 0 Å². The van der Waals surface area contributed by atoms with Crippen LogP contribution in [0.15, 0.2) is 21.7 Å². The molecule has 2 aromatic heterocycles. The molecule has 0 aliphatic heterocycles. The lowest BCUT2D eigenvalue weighted by atomic mass is 10.4. The molecule has 0 amide bonds. The van der Waals surface area contributed by atoms with E-state index in [1.54, 1.807) is 17.8 Å². The average molecular weight is 253 g/mol. The van der Waals surface area contributed by atoms with Crippen molar-refractivity contribution >= 4 is 17.7 Å². The van der Waals surface area contributed by atoms with Gasteiger partial charge in [-0.15, -0.1) is 5.10 Å². The molecule has 0 atom stereocenters. The lowest BCUT2D eigenvalue weighted by molar-refractivity contribution is -0.133. The normalized spacial score (nSPS) is 10.7. The smallest absolute Gasteiger partial charge is 0.313 e. The molecule has 2 heterocycles. The molecule has 0 radical (unpaired) electrons. The zero-order valence-corrected chi connectivity index (χ0v) is 10.2. The quantitative estimate of drug-likeness (QED) is 0.833. The van der Waals surface area contributed by atoms with E-state index in [-0.39, 0.29) is 5.75 Å².